The summed E-state index contributed by atoms with van der Waals surface area (Å²) >= 11 is 6.12. The maximum atomic E-state index is 12.6. The second-order valence-corrected chi connectivity index (χ2v) is 6.65. The Morgan fingerprint density at radius 1 is 1.21 bits per heavy atom. The summed E-state index contributed by atoms with van der Waals surface area (Å²) in [5.41, 5.74) is 1.58. The van der Waals surface area contributed by atoms with Crippen LogP contribution in [0.2, 0.25) is 5.02 Å². The van der Waals surface area contributed by atoms with Gasteiger partial charge in [0.25, 0.3) is 0 Å². The van der Waals surface area contributed by atoms with Gasteiger partial charge >= 0.3 is 0 Å². The van der Waals surface area contributed by atoms with E-state index in [1.807, 2.05) is 6.07 Å². The van der Waals surface area contributed by atoms with E-state index in [1.54, 1.807) is 36.4 Å². The minimum atomic E-state index is -0.519. The topological polar surface area (TPSA) is 91.7 Å². The molecule has 1 unspecified atom stereocenters. The quantitative estimate of drug-likeness (QED) is 0.833. The number of halogens is 1. The van der Waals surface area contributed by atoms with Crippen LogP contribution in [0.3, 0.4) is 0 Å². The molecule has 2 aromatic carbocycles. The van der Waals surface area contributed by atoms with Gasteiger partial charge in [-0.2, -0.15) is 5.26 Å². The van der Waals surface area contributed by atoms with Crippen molar-refractivity contribution >= 4 is 34.8 Å². The Balaban J connectivity index is 1.78. The molecule has 1 fully saturated rings. The third kappa shape index (κ3) is 3.87. The van der Waals surface area contributed by atoms with Crippen LogP contribution in [0.25, 0.3) is 0 Å². The van der Waals surface area contributed by atoms with Gasteiger partial charge < -0.3 is 19.7 Å². The third-order valence-electron chi connectivity index (χ3n) is 4.52. The summed E-state index contributed by atoms with van der Waals surface area (Å²) in [5, 5.41) is 12.0. The largest absolute Gasteiger partial charge is 0.495 e. The van der Waals surface area contributed by atoms with Gasteiger partial charge in [-0.15, -0.1) is 0 Å². The number of carbonyl (C=O) groups excluding carboxylic acids is 2. The number of hydrogen-bond acceptors (Lipinski definition) is 5. The fourth-order valence-corrected chi connectivity index (χ4v) is 3.27. The van der Waals surface area contributed by atoms with Crippen molar-refractivity contribution in [1.82, 2.24) is 0 Å². The summed E-state index contributed by atoms with van der Waals surface area (Å²) in [6, 6.07) is 11.8. The van der Waals surface area contributed by atoms with E-state index in [4.69, 9.17) is 26.3 Å². The van der Waals surface area contributed by atoms with E-state index in [9.17, 15) is 9.59 Å². The average molecular weight is 400 g/mol. The molecule has 0 saturated carbocycles. The number of methoxy groups -OCH3 is 2. The number of amides is 2. The smallest absolute Gasteiger partial charge is 0.229 e. The number of benzene rings is 2. The average Bonchev–Trinajstić information content (AvgIpc) is 3.10. The molecule has 1 aliphatic rings. The molecule has 0 aliphatic carbocycles. The van der Waals surface area contributed by atoms with Gasteiger partial charge in [0.05, 0.1) is 42.5 Å². The van der Waals surface area contributed by atoms with Crippen LogP contribution in [0, 0.1) is 17.2 Å². The highest BCUT2D eigenvalue weighted by atomic mass is 35.5. The number of hydrogen-bond donors (Lipinski definition) is 1. The van der Waals surface area contributed by atoms with Crippen LogP contribution in [0.1, 0.15) is 12.0 Å². The maximum Gasteiger partial charge on any atom is 0.229 e. The van der Waals surface area contributed by atoms with Gasteiger partial charge in [0.1, 0.15) is 11.5 Å². The predicted molar refractivity (Wildman–Crippen MR) is 105 cm³/mol. The molecule has 7 nitrogen and oxygen atoms in total. The zero-order chi connectivity index (χ0) is 20.3. The zero-order valence-electron chi connectivity index (χ0n) is 15.4. The summed E-state index contributed by atoms with van der Waals surface area (Å²) in [6.45, 7) is 0.210. The molecule has 0 bridgehead atoms. The number of anilines is 2. The SMILES string of the molecule is COc1cc(N2CC(C(=O)Nc3ccc(C#N)cc3)CC2=O)c(OC)cc1Cl. The fourth-order valence-electron chi connectivity index (χ4n) is 3.04. The summed E-state index contributed by atoms with van der Waals surface area (Å²) in [5.74, 6) is -0.138. The Labute approximate surface area is 167 Å². The molecule has 2 aromatic rings. The van der Waals surface area contributed by atoms with E-state index >= 15 is 0 Å². The Kier molecular flexibility index (Phi) is 5.71. The van der Waals surface area contributed by atoms with Crippen LogP contribution in [-0.2, 0) is 9.59 Å². The lowest BCUT2D eigenvalue weighted by Gasteiger charge is -2.21. The van der Waals surface area contributed by atoms with Crippen molar-refractivity contribution < 1.29 is 19.1 Å². The highest BCUT2D eigenvalue weighted by molar-refractivity contribution is 6.32. The lowest BCUT2D eigenvalue weighted by Crippen LogP contribution is -2.28. The summed E-state index contributed by atoms with van der Waals surface area (Å²) < 4.78 is 10.6. The van der Waals surface area contributed by atoms with E-state index in [1.165, 1.54) is 19.1 Å². The lowest BCUT2D eigenvalue weighted by atomic mass is 10.1. The van der Waals surface area contributed by atoms with E-state index in [0.29, 0.717) is 33.5 Å². The number of nitriles is 1. The molecule has 1 aliphatic heterocycles. The van der Waals surface area contributed by atoms with E-state index in [2.05, 4.69) is 5.32 Å². The molecule has 28 heavy (non-hydrogen) atoms. The summed E-state index contributed by atoms with van der Waals surface area (Å²) in [4.78, 5) is 26.7. The van der Waals surface area contributed by atoms with Crippen molar-refractivity contribution in [3.63, 3.8) is 0 Å². The zero-order valence-corrected chi connectivity index (χ0v) is 16.1. The van der Waals surface area contributed by atoms with Crippen LogP contribution in [0.4, 0.5) is 11.4 Å². The first-order chi connectivity index (χ1) is 13.5. The van der Waals surface area contributed by atoms with Gasteiger partial charge in [-0.05, 0) is 24.3 Å². The van der Waals surface area contributed by atoms with Crippen LogP contribution in [0.5, 0.6) is 11.5 Å². The number of nitrogens with one attached hydrogen (secondary N) is 1. The van der Waals surface area contributed by atoms with E-state index < -0.39 is 5.92 Å². The molecular formula is C20H18ClN3O4. The number of ether oxygens (including phenoxy) is 2. The lowest BCUT2D eigenvalue weighted by molar-refractivity contribution is -0.122. The van der Waals surface area contributed by atoms with Crippen LogP contribution in [0.15, 0.2) is 36.4 Å². The maximum absolute atomic E-state index is 12.6. The molecule has 0 aromatic heterocycles. The van der Waals surface area contributed by atoms with Gasteiger partial charge in [0.2, 0.25) is 11.8 Å². The Morgan fingerprint density at radius 2 is 1.89 bits per heavy atom. The van der Waals surface area contributed by atoms with Crippen molar-refractivity contribution in [3.05, 3.63) is 47.0 Å². The van der Waals surface area contributed by atoms with Crippen molar-refractivity contribution in [2.24, 2.45) is 5.92 Å². The van der Waals surface area contributed by atoms with Crippen LogP contribution in [-0.4, -0.2) is 32.6 Å². The van der Waals surface area contributed by atoms with Gasteiger partial charge in [-0.25, -0.2) is 0 Å². The van der Waals surface area contributed by atoms with Crippen molar-refractivity contribution in [2.45, 2.75) is 6.42 Å². The van der Waals surface area contributed by atoms with Crippen LogP contribution >= 0.6 is 11.6 Å². The molecular weight excluding hydrogens is 382 g/mol. The summed E-state index contributed by atoms with van der Waals surface area (Å²) in [7, 11) is 2.97. The summed E-state index contributed by atoms with van der Waals surface area (Å²) in [6.07, 6.45) is 0.0796. The van der Waals surface area contributed by atoms with E-state index in [0.717, 1.165) is 0 Å². The Hall–Kier alpha value is -3.24. The van der Waals surface area contributed by atoms with Crippen molar-refractivity contribution in [1.29, 1.82) is 5.26 Å². The standard InChI is InChI=1S/C20H18ClN3O4/c1-27-17-9-16(18(28-2)8-15(17)21)24-11-13(7-19(24)25)20(26)23-14-5-3-12(10-22)4-6-14/h3-6,8-9,13H,7,11H2,1-2H3,(H,23,26). The second-order valence-electron chi connectivity index (χ2n) is 6.24. The molecule has 1 N–H and O–H groups in total. The van der Waals surface area contributed by atoms with E-state index in [-0.39, 0.29) is 24.8 Å². The first-order valence-electron chi connectivity index (χ1n) is 8.49. The molecule has 0 radical (unpaired) electrons. The highest BCUT2D eigenvalue weighted by Gasteiger charge is 2.36. The van der Waals surface area contributed by atoms with Gasteiger partial charge in [0, 0.05) is 30.8 Å². The minimum absolute atomic E-state index is 0.0796. The Morgan fingerprint density at radius 3 is 2.50 bits per heavy atom. The monoisotopic (exact) mass is 399 g/mol. The normalized spacial score (nSPS) is 15.9. The van der Waals surface area contributed by atoms with Crippen molar-refractivity contribution in [2.75, 3.05) is 31.0 Å². The number of nitrogens with zero attached hydrogens (tertiary/aromatic N) is 2. The highest BCUT2D eigenvalue weighted by Crippen LogP contribution is 2.40. The van der Waals surface area contributed by atoms with Gasteiger partial charge in [-0.1, -0.05) is 11.6 Å². The minimum Gasteiger partial charge on any atom is -0.495 e. The molecule has 1 heterocycles. The fraction of sp³-hybridized carbons (Fsp3) is 0.250. The molecule has 2 amide bonds. The molecule has 0 spiro atoms. The first-order valence-corrected chi connectivity index (χ1v) is 8.87. The predicted octanol–water partition coefficient (Wildman–Crippen LogP) is 3.22. The molecule has 144 valence electrons. The second kappa shape index (κ2) is 8.19. The third-order valence-corrected chi connectivity index (χ3v) is 4.82. The van der Waals surface area contributed by atoms with Gasteiger partial charge in [0.15, 0.2) is 0 Å². The van der Waals surface area contributed by atoms with Crippen LogP contribution < -0.4 is 19.7 Å². The van der Waals surface area contributed by atoms with Crippen molar-refractivity contribution in [3.8, 4) is 17.6 Å². The van der Waals surface area contributed by atoms with Gasteiger partial charge in [-0.3, -0.25) is 9.59 Å². The molecule has 1 atom stereocenters. The molecule has 3 rings (SSSR count). The molecule has 1 saturated heterocycles. The number of carbonyl (C=O) groups is 2. The molecule has 8 heteroatoms. The Bertz CT molecular complexity index is 953. The first kappa shape index (κ1) is 19.5. The number of rotatable bonds is 5.